The molecular formula is C64H67ClN8O27S6. The zero-order valence-electron chi connectivity index (χ0n) is 56.7. The smallest absolute Gasteiger partial charge is 0.448 e. The number of nitrogens with zero attached hydrogens (tertiary/aromatic N) is 5. The molecule has 35 nitrogen and oxygen atoms in total. The number of carbonyl (C=O) groups excluding carboxylic acids is 10. The first-order valence-electron chi connectivity index (χ1n) is 29.5. The second kappa shape index (κ2) is 40.6. The Hall–Kier alpha value is -10.6. The Kier molecular flexibility index (Phi) is 33.7. The standard InChI is InChI=1S/2C12H13NO6S2.C11H9NO6S.C10H6ClNO5S.C10H7NO3.C6H7NO.C2H7N.CH5N/c2*1-18-21(16,17)19-9-5-3-4-8(6-9)13-11(14)7-10(20-2)12(13)15;1-17-19(15,16)18-9-4-2-3-8(7-9)12-10(13)5-6-11(12)14;11-18(15,16)17-8-3-1-2-7(6-8)12-9(13)4-5-10(12)14;12-8-3-1-2-7(6-8)11-9(13)4-5-10(11)14;7-5-2-1-3-6(8)4-5;1-3-2;1-2/h2*3-6,10H,7H2,1-2H3;2-7H,1H3;1-6H;1-6,12H;1-4,8H,7H2;3H,1-2H3;2H2,1H3. The van der Waals surface area contributed by atoms with Crippen LogP contribution in [0.2, 0.25) is 0 Å². The zero-order valence-corrected chi connectivity index (χ0v) is 62.4. The lowest BCUT2D eigenvalue weighted by Crippen LogP contribution is -2.31. The molecule has 568 valence electrons. The fourth-order valence-corrected chi connectivity index (χ4v) is 11.5. The van der Waals surface area contributed by atoms with Gasteiger partial charge in [-0.1, -0.05) is 36.4 Å². The number of aromatic hydroxyl groups is 2. The first-order valence-corrected chi connectivity index (χ1v) is 38.3. The maximum Gasteiger partial charge on any atom is 0.448 e. The Bertz CT molecular complexity index is 4630. The van der Waals surface area contributed by atoms with Crippen LogP contribution < -0.4 is 58.0 Å². The maximum absolute atomic E-state index is 12.1. The lowest BCUT2D eigenvalue weighted by atomic mass is 10.3. The summed E-state index contributed by atoms with van der Waals surface area (Å²) in [5.74, 6) is -4.09. The van der Waals surface area contributed by atoms with Gasteiger partial charge in [0.15, 0.2) is 0 Å². The third-order valence-electron chi connectivity index (χ3n) is 12.9. The van der Waals surface area contributed by atoms with Crippen LogP contribution in [0.1, 0.15) is 12.8 Å². The normalized spacial score (nSPS) is 15.8. The number of imide groups is 5. The molecule has 2 saturated heterocycles. The van der Waals surface area contributed by atoms with Crippen LogP contribution in [-0.2, 0) is 101 Å². The quantitative estimate of drug-likeness (QED) is 0.0450. The van der Waals surface area contributed by atoms with Gasteiger partial charge in [-0.05, 0) is 106 Å². The van der Waals surface area contributed by atoms with E-state index < -0.39 is 74.7 Å². The topological polar surface area (TPSA) is 493 Å². The van der Waals surface area contributed by atoms with Crippen molar-refractivity contribution in [2.24, 2.45) is 5.73 Å². The largest absolute Gasteiger partial charge is 0.508 e. The molecular weight excluding hydrogens is 1540 g/mol. The molecule has 2 fully saturated rings. The Morgan fingerprint density at radius 3 is 0.877 bits per heavy atom. The molecule has 5 aliphatic rings. The van der Waals surface area contributed by atoms with Gasteiger partial charge in [0.1, 0.15) is 34.5 Å². The number of phenolic OH excluding ortho intramolecular Hbond substituents is 2. The first-order chi connectivity index (χ1) is 49.9. The number of rotatable bonds is 18. The number of nitrogen functional groups attached to an aromatic ring is 1. The van der Waals surface area contributed by atoms with Crippen molar-refractivity contribution >= 4 is 168 Å². The average molecular weight is 1610 g/mol. The Labute approximate surface area is 621 Å². The van der Waals surface area contributed by atoms with E-state index >= 15 is 0 Å². The molecule has 7 N–H and O–H groups in total. The number of thioether (sulfide) groups is 2. The highest BCUT2D eigenvalue weighted by Gasteiger charge is 2.41. The summed E-state index contributed by atoms with van der Waals surface area (Å²) >= 11 is 2.60. The van der Waals surface area contributed by atoms with Gasteiger partial charge in [0.05, 0.1) is 70.9 Å². The van der Waals surface area contributed by atoms with Crippen LogP contribution in [0.25, 0.3) is 0 Å². The molecule has 0 aliphatic carbocycles. The summed E-state index contributed by atoms with van der Waals surface area (Å²) in [7, 11) is -3.55. The molecule has 0 spiro atoms. The van der Waals surface area contributed by atoms with Crippen molar-refractivity contribution in [2.45, 2.75) is 23.3 Å². The minimum absolute atomic E-state index is 0.0231. The minimum Gasteiger partial charge on any atom is -0.508 e. The summed E-state index contributed by atoms with van der Waals surface area (Å²) in [4.78, 5) is 121. The van der Waals surface area contributed by atoms with Crippen molar-refractivity contribution < 1.29 is 121 Å². The fourth-order valence-electron chi connectivity index (χ4n) is 8.51. The van der Waals surface area contributed by atoms with Gasteiger partial charge in [0, 0.05) is 91.4 Å². The maximum atomic E-state index is 12.1. The molecule has 0 saturated carbocycles. The van der Waals surface area contributed by atoms with E-state index in [0.717, 1.165) is 70.1 Å². The summed E-state index contributed by atoms with van der Waals surface area (Å²) in [5, 5.41) is 19.8. The highest BCUT2D eigenvalue weighted by atomic mass is 35.7. The van der Waals surface area contributed by atoms with Crippen molar-refractivity contribution in [3.05, 3.63) is 182 Å². The van der Waals surface area contributed by atoms with E-state index in [2.05, 4.69) is 40.3 Å². The summed E-state index contributed by atoms with van der Waals surface area (Å²) in [6.45, 7) is 0. The lowest BCUT2D eigenvalue weighted by molar-refractivity contribution is -0.122. The van der Waals surface area contributed by atoms with Crippen LogP contribution in [0.3, 0.4) is 0 Å². The van der Waals surface area contributed by atoms with Crippen LogP contribution in [0.4, 0.5) is 34.1 Å². The van der Waals surface area contributed by atoms with E-state index in [-0.39, 0.29) is 106 Å². The molecule has 10 amide bonds. The number of hydrogen-bond acceptors (Lipinski definition) is 32. The molecule has 0 radical (unpaired) electrons. The summed E-state index contributed by atoms with van der Waals surface area (Å²) in [5.41, 5.74) is 11.7. The van der Waals surface area contributed by atoms with Crippen LogP contribution in [0, 0.1) is 0 Å². The number of phenols is 2. The number of amides is 10. The molecule has 0 bridgehead atoms. The summed E-state index contributed by atoms with van der Waals surface area (Å²) < 4.78 is 120. The Balaban J connectivity index is 0.000000270. The summed E-state index contributed by atoms with van der Waals surface area (Å²) in [6.07, 6.45) is 10.7. The predicted octanol–water partition coefficient (Wildman–Crippen LogP) is 4.47. The van der Waals surface area contributed by atoms with Crippen LogP contribution in [0.5, 0.6) is 34.5 Å². The van der Waals surface area contributed by atoms with Gasteiger partial charge < -0.3 is 43.7 Å². The van der Waals surface area contributed by atoms with Crippen molar-refractivity contribution in [1.82, 2.24) is 5.32 Å². The molecule has 42 heteroatoms. The van der Waals surface area contributed by atoms with Crippen LogP contribution in [-0.4, -0.2) is 168 Å². The molecule has 106 heavy (non-hydrogen) atoms. The highest BCUT2D eigenvalue weighted by molar-refractivity contribution is 8.10. The second-order valence-electron chi connectivity index (χ2n) is 20.1. The lowest BCUT2D eigenvalue weighted by Gasteiger charge is -2.15. The SMILES string of the molecule is CN.CNC.COS(=O)(=O)Oc1cccc(N2C(=O)C=CC2=O)c1.COS(=O)(=O)Oc1cccc(N2C(=O)CC(SC)C2=O)c1.COS(=O)(=O)Oc1cccc(N2C(=O)CC(SC)C2=O)c1.Nc1cccc(O)c1.O=C1C=CC(=O)N1c1cccc(O)c1.O=C1C=CC(=O)N1c1cccc(OS(=O)(=O)Cl)c1. The van der Waals surface area contributed by atoms with Crippen LogP contribution in [0.15, 0.2) is 182 Å². The molecule has 2 atom stereocenters. The molecule has 0 aromatic heterocycles. The predicted molar refractivity (Wildman–Crippen MR) is 390 cm³/mol. The highest BCUT2D eigenvalue weighted by Crippen LogP contribution is 2.34. The number of nitrogens with two attached hydrogens (primary N) is 2. The van der Waals surface area contributed by atoms with Crippen LogP contribution >= 0.6 is 34.2 Å². The minimum atomic E-state index is -4.18. The second-order valence-corrected chi connectivity index (χ2v) is 28.2. The van der Waals surface area contributed by atoms with Gasteiger partial charge in [0.2, 0.25) is 23.6 Å². The molecule has 5 aliphatic heterocycles. The van der Waals surface area contributed by atoms with E-state index in [1.165, 1.54) is 158 Å². The van der Waals surface area contributed by atoms with Crippen molar-refractivity contribution in [2.75, 3.05) is 85.2 Å². The van der Waals surface area contributed by atoms with Gasteiger partial charge in [-0.3, -0.25) is 47.9 Å². The van der Waals surface area contributed by atoms with E-state index in [4.69, 9.17) is 21.5 Å². The zero-order chi connectivity index (χ0) is 79.4. The number of nitrogens with one attached hydrogen (secondary N) is 1. The number of benzene rings is 6. The third kappa shape index (κ3) is 26.5. The van der Waals surface area contributed by atoms with Gasteiger partial charge in [-0.15, -0.1) is 0 Å². The van der Waals surface area contributed by atoms with Gasteiger partial charge in [-0.2, -0.15) is 57.2 Å². The van der Waals surface area contributed by atoms with Crippen molar-refractivity contribution in [3.8, 4) is 34.5 Å². The van der Waals surface area contributed by atoms with E-state index in [1.807, 2.05) is 14.1 Å². The molecule has 6 aromatic carbocycles. The Morgan fingerprint density at radius 2 is 0.651 bits per heavy atom. The third-order valence-corrected chi connectivity index (χ3v) is 17.7. The average Bonchev–Trinajstić information content (AvgIpc) is 1.65. The first kappa shape index (κ1) is 87.8. The number of hydrogen-bond donors (Lipinski definition) is 5. The molecule has 11 rings (SSSR count). The van der Waals surface area contributed by atoms with Gasteiger partial charge in [0.25, 0.3) is 35.4 Å². The number of halogens is 1. The van der Waals surface area contributed by atoms with Crippen molar-refractivity contribution in [1.29, 1.82) is 0 Å². The summed E-state index contributed by atoms with van der Waals surface area (Å²) in [6, 6.07) is 34.9. The van der Waals surface area contributed by atoms with Crippen molar-refractivity contribution in [3.63, 3.8) is 0 Å². The van der Waals surface area contributed by atoms with Gasteiger partial charge >= 0.3 is 40.5 Å². The van der Waals surface area contributed by atoms with E-state index in [0.29, 0.717) is 11.4 Å². The number of anilines is 6. The number of carbonyl (C=O) groups is 10. The Morgan fingerprint density at radius 1 is 0.406 bits per heavy atom. The fraction of sp³-hybridized carbons (Fsp3) is 0.188. The monoisotopic (exact) mass is 1610 g/mol. The molecule has 6 aromatic rings. The molecule has 5 heterocycles. The van der Waals surface area contributed by atoms with E-state index in [1.54, 1.807) is 42.8 Å². The van der Waals surface area contributed by atoms with E-state index in [9.17, 15) is 86.7 Å². The molecule has 2 unspecified atom stereocenters. The van der Waals surface area contributed by atoms with Gasteiger partial charge in [-0.25, -0.2) is 37.0 Å².